The molecule has 2 rings (SSSR count). The van der Waals surface area contributed by atoms with E-state index in [1.165, 1.54) is 0 Å². The topological polar surface area (TPSA) is 40.6 Å². The van der Waals surface area contributed by atoms with E-state index in [0.29, 0.717) is 19.5 Å². The molecular formula is C17H24N2O2. The molecule has 1 aromatic carbocycles. The van der Waals surface area contributed by atoms with E-state index in [2.05, 4.69) is 13.8 Å². The minimum Gasteiger partial charge on any atom is -0.344 e. The van der Waals surface area contributed by atoms with Crippen molar-refractivity contribution in [1.29, 1.82) is 0 Å². The van der Waals surface area contributed by atoms with Gasteiger partial charge in [-0.05, 0) is 17.4 Å². The number of carbonyl (C=O) groups is 2. The van der Waals surface area contributed by atoms with Crippen LogP contribution in [0.15, 0.2) is 30.3 Å². The van der Waals surface area contributed by atoms with Crippen LogP contribution in [0.2, 0.25) is 0 Å². The molecule has 0 N–H and O–H groups in total. The summed E-state index contributed by atoms with van der Waals surface area (Å²) in [6.45, 7) is 5.72. The molecule has 2 amide bonds. The van der Waals surface area contributed by atoms with E-state index in [-0.39, 0.29) is 23.8 Å². The van der Waals surface area contributed by atoms with Gasteiger partial charge in [-0.25, -0.2) is 0 Å². The van der Waals surface area contributed by atoms with Crippen LogP contribution in [0.4, 0.5) is 0 Å². The molecule has 1 aromatic rings. The van der Waals surface area contributed by atoms with Crippen molar-refractivity contribution < 1.29 is 9.59 Å². The maximum atomic E-state index is 12.4. The fourth-order valence-corrected chi connectivity index (χ4v) is 2.87. The zero-order valence-corrected chi connectivity index (χ0v) is 13.1. The third-order valence-corrected chi connectivity index (χ3v) is 3.86. The molecule has 1 aliphatic heterocycles. The molecule has 1 heterocycles. The zero-order chi connectivity index (χ0) is 15.5. The van der Waals surface area contributed by atoms with Crippen LogP contribution in [0, 0.1) is 5.41 Å². The van der Waals surface area contributed by atoms with E-state index < -0.39 is 0 Å². The minimum absolute atomic E-state index is 0.0219. The van der Waals surface area contributed by atoms with Gasteiger partial charge in [-0.1, -0.05) is 44.2 Å². The van der Waals surface area contributed by atoms with Gasteiger partial charge in [0.25, 0.3) is 0 Å². The van der Waals surface area contributed by atoms with Crippen molar-refractivity contribution in [3.05, 3.63) is 35.9 Å². The van der Waals surface area contributed by atoms with Crippen molar-refractivity contribution in [3.63, 3.8) is 0 Å². The summed E-state index contributed by atoms with van der Waals surface area (Å²) >= 11 is 0. The fraction of sp³-hybridized carbons (Fsp3) is 0.529. The summed E-state index contributed by atoms with van der Waals surface area (Å²) in [6, 6.07) is 9.98. The molecule has 0 radical (unpaired) electrons. The molecule has 0 aliphatic carbocycles. The molecule has 1 aliphatic rings. The monoisotopic (exact) mass is 288 g/mol. The Morgan fingerprint density at radius 2 is 1.86 bits per heavy atom. The summed E-state index contributed by atoms with van der Waals surface area (Å²) in [4.78, 5) is 27.9. The Bertz CT molecular complexity index is 511. The molecule has 4 nitrogen and oxygen atoms in total. The molecule has 4 heteroatoms. The zero-order valence-electron chi connectivity index (χ0n) is 13.1. The van der Waals surface area contributed by atoms with Crippen LogP contribution in [-0.4, -0.2) is 48.3 Å². The summed E-state index contributed by atoms with van der Waals surface area (Å²) < 4.78 is 0. The Labute approximate surface area is 126 Å². The quantitative estimate of drug-likeness (QED) is 0.853. The number of benzene rings is 1. The SMILES string of the molecule is CN1CC(C)(C)CN(C(=O)CCc2ccccc2)CC1=O. The molecule has 1 fully saturated rings. The van der Waals surface area contributed by atoms with Crippen LogP contribution in [-0.2, 0) is 16.0 Å². The molecule has 114 valence electrons. The van der Waals surface area contributed by atoms with Gasteiger partial charge in [0.05, 0.1) is 6.54 Å². The van der Waals surface area contributed by atoms with Crippen LogP contribution in [0.5, 0.6) is 0 Å². The van der Waals surface area contributed by atoms with Crippen molar-refractivity contribution in [2.75, 3.05) is 26.7 Å². The third-order valence-electron chi connectivity index (χ3n) is 3.86. The Kier molecular flexibility index (Phi) is 4.66. The number of hydrogen-bond acceptors (Lipinski definition) is 2. The van der Waals surface area contributed by atoms with Gasteiger partial charge in [0.15, 0.2) is 0 Å². The van der Waals surface area contributed by atoms with Crippen LogP contribution in [0.25, 0.3) is 0 Å². The van der Waals surface area contributed by atoms with Crippen molar-refractivity contribution >= 4 is 11.8 Å². The van der Waals surface area contributed by atoms with Gasteiger partial charge < -0.3 is 9.80 Å². The molecule has 1 saturated heterocycles. The lowest BCUT2D eigenvalue weighted by Crippen LogP contribution is -2.39. The molecule has 0 bridgehead atoms. The highest BCUT2D eigenvalue weighted by molar-refractivity contribution is 5.85. The first-order chi connectivity index (χ1) is 9.87. The van der Waals surface area contributed by atoms with Gasteiger partial charge in [0.1, 0.15) is 0 Å². The Morgan fingerprint density at radius 3 is 2.52 bits per heavy atom. The normalized spacial score (nSPS) is 18.5. The van der Waals surface area contributed by atoms with Gasteiger partial charge in [-0.2, -0.15) is 0 Å². The first-order valence-corrected chi connectivity index (χ1v) is 7.43. The van der Waals surface area contributed by atoms with Crippen LogP contribution >= 0.6 is 0 Å². The minimum atomic E-state index is -0.0662. The van der Waals surface area contributed by atoms with E-state index in [1.54, 1.807) is 9.80 Å². The Hall–Kier alpha value is -1.84. The van der Waals surface area contributed by atoms with Crippen molar-refractivity contribution in [3.8, 4) is 0 Å². The summed E-state index contributed by atoms with van der Waals surface area (Å²) in [5.74, 6) is 0.0872. The molecule has 0 unspecified atom stereocenters. The predicted octanol–water partition coefficient (Wildman–Crippen LogP) is 1.95. The highest BCUT2D eigenvalue weighted by atomic mass is 16.2. The number of carbonyl (C=O) groups excluding carboxylic acids is 2. The van der Waals surface area contributed by atoms with Crippen molar-refractivity contribution in [2.45, 2.75) is 26.7 Å². The summed E-state index contributed by atoms with van der Waals surface area (Å²) in [7, 11) is 1.81. The van der Waals surface area contributed by atoms with Gasteiger partial charge in [0.2, 0.25) is 11.8 Å². The molecule has 0 saturated carbocycles. The Morgan fingerprint density at radius 1 is 1.19 bits per heavy atom. The smallest absolute Gasteiger partial charge is 0.241 e. The van der Waals surface area contributed by atoms with E-state index in [0.717, 1.165) is 12.0 Å². The maximum absolute atomic E-state index is 12.4. The van der Waals surface area contributed by atoms with Gasteiger partial charge in [-0.15, -0.1) is 0 Å². The maximum Gasteiger partial charge on any atom is 0.241 e. The summed E-state index contributed by atoms with van der Waals surface area (Å²) in [5, 5.41) is 0. The highest BCUT2D eigenvalue weighted by Gasteiger charge is 2.32. The fourth-order valence-electron chi connectivity index (χ4n) is 2.87. The molecule has 0 atom stereocenters. The largest absolute Gasteiger partial charge is 0.344 e. The predicted molar refractivity (Wildman–Crippen MR) is 82.8 cm³/mol. The lowest BCUT2D eigenvalue weighted by atomic mass is 9.92. The van der Waals surface area contributed by atoms with Crippen LogP contribution in [0.1, 0.15) is 25.8 Å². The van der Waals surface area contributed by atoms with Crippen molar-refractivity contribution in [2.24, 2.45) is 5.41 Å². The molecular weight excluding hydrogens is 264 g/mol. The average Bonchev–Trinajstić information content (AvgIpc) is 2.53. The van der Waals surface area contributed by atoms with Gasteiger partial charge in [0, 0.05) is 26.6 Å². The van der Waals surface area contributed by atoms with Crippen LogP contribution in [0.3, 0.4) is 0 Å². The lowest BCUT2D eigenvalue weighted by Gasteiger charge is -2.29. The van der Waals surface area contributed by atoms with E-state index >= 15 is 0 Å². The first kappa shape index (κ1) is 15.5. The number of hydrogen-bond donors (Lipinski definition) is 0. The number of amides is 2. The highest BCUT2D eigenvalue weighted by Crippen LogP contribution is 2.22. The number of likely N-dealkylation sites (N-methyl/N-ethyl adjacent to an activating group) is 1. The number of aryl methyl sites for hydroxylation is 1. The van der Waals surface area contributed by atoms with E-state index in [9.17, 15) is 9.59 Å². The molecule has 0 aromatic heterocycles. The van der Waals surface area contributed by atoms with Crippen molar-refractivity contribution in [1.82, 2.24) is 9.80 Å². The van der Waals surface area contributed by atoms with Gasteiger partial charge in [-0.3, -0.25) is 9.59 Å². The van der Waals surface area contributed by atoms with E-state index in [4.69, 9.17) is 0 Å². The first-order valence-electron chi connectivity index (χ1n) is 7.43. The average molecular weight is 288 g/mol. The standard InChI is InChI=1S/C17H24N2O2/c1-17(2)12-18(3)16(21)11-19(13-17)15(20)10-9-14-7-5-4-6-8-14/h4-8H,9-13H2,1-3H3. The lowest BCUT2D eigenvalue weighted by molar-refractivity contribution is -0.138. The third kappa shape index (κ3) is 4.31. The van der Waals surface area contributed by atoms with E-state index in [1.807, 2.05) is 37.4 Å². The number of rotatable bonds is 3. The van der Waals surface area contributed by atoms with Gasteiger partial charge >= 0.3 is 0 Å². The van der Waals surface area contributed by atoms with Crippen LogP contribution < -0.4 is 0 Å². The number of nitrogens with zero attached hydrogens (tertiary/aromatic N) is 2. The summed E-state index contributed by atoms with van der Waals surface area (Å²) in [6.07, 6.45) is 1.18. The summed E-state index contributed by atoms with van der Waals surface area (Å²) in [5.41, 5.74) is 1.09. The molecule has 21 heavy (non-hydrogen) atoms. The second-order valence-electron chi connectivity index (χ2n) is 6.65. The second-order valence-corrected chi connectivity index (χ2v) is 6.65. The Balaban J connectivity index is 1.99. The molecule has 0 spiro atoms. The second kappa shape index (κ2) is 6.29.